The first-order valence-corrected chi connectivity index (χ1v) is 9.77. The monoisotopic (exact) mass is 370 g/mol. The maximum absolute atomic E-state index is 13.1. The number of phenolic OH excluding ortho intramolecular Hbond substituents is 1. The minimum absolute atomic E-state index is 0.0861. The van der Waals surface area contributed by atoms with Gasteiger partial charge in [-0.3, -0.25) is 4.79 Å². The number of hydrogen-bond donors (Lipinski definition) is 3. The second kappa shape index (κ2) is 7.23. The van der Waals surface area contributed by atoms with E-state index in [1.54, 1.807) is 12.1 Å². The van der Waals surface area contributed by atoms with Gasteiger partial charge in [-0.05, 0) is 55.8 Å². The molecular formula is C20H22N2O3S. The Hall–Kier alpha value is -2.15. The number of phenols is 1. The molecule has 0 aliphatic carbocycles. The van der Waals surface area contributed by atoms with Crippen LogP contribution in [-0.2, 0) is 6.61 Å². The van der Waals surface area contributed by atoms with Gasteiger partial charge in [-0.25, -0.2) is 0 Å². The Morgan fingerprint density at radius 2 is 1.96 bits per heavy atom. The van der Waals surface area contributed by atoms with Crippen molar-refractivity contribution >= 4 is 37.2 Å². The molecule has 1 aliphatic rings. The summed E-state index contributed by atoms with van der Waals surface area (Å²) in [5, 5.41) is 24.0. The van der Waals surface area contributed by atoms with Crippen molar-refractivity contribution in [1.29, 1.82) is 0 Å². The molecule has 3 N–H and O–H groups in total. The normalized spacial score (nSPS) is 15.1. The molecule has 1 fully saturated rings. The van der Waals surface area contributed by atoms with Gasteiger partial charge in [-0.15, -0.1) is 11.3 Å². The van der Waals surface area contributed by atoms with E-state index in [-0.39, 0.29) is 17.8 Å². The smallest absolute Gasteiger partial charge is 0.198 e. The Kier molecular flexibility index (Phi) is 4.80. The molecule has 4 rings (SSSR count). The lowest BCUT2D eigenvalue weighted by Crippen LogP contribution is -2.26. The van der Waals surface area contributed by atoms with E-state index in [1.165, 1.54) is 30.2 Å². The SMILES string of the molecule is O=c1c2cc(O)ccc2sc2c(CO)ccc(NCCN3CCCC3)c12. The van der Waals surface area contributed by atoms with Crippen LogP contribution < -0.4 is 10.7 Å². The van der Waals surface area contributed by atoms with Crippen LogP contribution >= 0.6 is 11.3 Å². The maximum Gasteiger partial charge on any atom is 0.198 e. The van der Waals surface area contributed by atoms with Crippen molar-refractivity contribution < 1.29 is 10.2 Å². The first-order valence-electron chi connectivity index (χ1n) is 8.96. The minimum Gasteiger partial charge on any atom is -0.508 e. The summed E-state index contributed by atoms with van der Waals surface area (Å²) in [5.74, 6) is 0.0861. The highest BCUT2D eigenvalue weighted by molar-refractivity contribution is 7.24. The van der Waals surface area contributed by atoms with E-state index in [2.05, 4.69) is 10.2 Å². The molecule has 5 nitrogen and oxygen atoms in total. The van der Waals surface area contributed by atoms with Crippen LogP contribution in [0, 0.1) is 0 Å². The topological polar surface area (TPSA) is 72.8 Å². The van der Waals surface area contributed by atoms with Gasteiger partial charge < -0.3 is 20.4 Å². The van der Waals surface area contributed by atoms with Crippen LogP contribution in [-0.4, -0.2) is 41.3 Å². The quantitative estimate of drug-likeness (QED) is 0.602. The lowest BCUT2D eigenvalue weighted by Gasteiger charge is -2.17. The molecular weight excluding hydrogens is 348 g/mol. The Bertz CT molecular complexity index is 1010. The van der Waals surface area contributed by atoms with E-state index in [1.807, 2.05) is 12.1 Å². The summed E-state index contributed by atoms with van der Waals surface area (Å²) < 4.78 is 1.62. The van der Waals surface area contributed by atoms with Gasteiger partial charge in [0.15, 0.2) is 5.43 Å². The zero-order valence-corrected chi connectivity index (χ0v) is 15.3. The molecule has 0 radical (unpaired) electrons. The highest BCUT2D eigenvalue weighted by Gasteiger charge is 2.15. The molecule has 0 bridgehead atoms. The van der Waals surface area contributed by atoms with Gasteiger partial charge in [0.1, 0.15) is 5.75 Å². The third-order valence-electron chi connectivity index (χ3n) is 5.00. The molecule has 2 heterocycles. The molecule has 1 aromatic heterocycles. The predicted octanol–water partition coefficient (Wildman–Crippen LogP) is 3.12. The number of aliphatic hydroxyl groups is 1. The number of aliphatic hydroxyl groups excluding tert-OH is 1. The van der Waals surface area contributed by atoms with Crippen molar-refractivity contribution in [1.82, 2.24) is 4.90 Å². The maximum atomic E-state index is 13.1. The van der Waals surface area contributed by atoms with E-state index in [9.17, 15) is 15.0 Å². The van der Waals surface area contributed by atoms with Gasteiger partial charge in [0.2, 0.25) is 0 Å². The number of nitrogens with one attached hydrogen (secondary N) is 1. The molecule has 0 atom stereocenters. The fraction of sp³-hybridized carbons (Fsp3) is 0.350. The third kappa shape index (κ3) is 3.16. The summed E-state index contributed by atoms with van der Waals surface area (Å²) in [5.41, 5.74) is 1.44. The number of anilines is 1. The van der Waals surface area contributed by atoms with Crippen molar-refractivity contribution in [2.75, 3.05) is 31.5 Å². The molecule has 1 saturated heterocycles. The summed E-state index contributed by atoms with van der Waals surface area (Å²) in [6.45, 7) is 3.91. The first-order chi connectivity index (χ1) is 12.7. The number of likely N-dealkylation sites (tertiary alicyclic amines) is 1. The second-order valence-corrected chi connectivity index (χ2v) is 7.77. The lowest BCUT2D eigenvalue weighted by atomic mass is 10.1. The predicted molar refractivity (Wildman–Crippen MR) is 107 cm³/mol. The average molecular weight is 370 g/mol. The van der Waals surface area contributed by atoms with Crippen LogP contribution in [0.25, 0.3) is 20.2 Å². The van der Waals surface area contributed by atoms with E-state index >= 15 is 0 Å². The van der Waals surface area contributed by atoms with E-state index in [0.717, 1.165) is 46.8 Å². The van der Waals surface area contributed by atoms with Crippen LogP contribution in [0.2, 0.25) is 0 Å². The van der Waals surface area contributed by atoms with Gasteiger partial charge in [-0.2, -0.15) is 0 Å². The molecule has 0 amide bonds. The van der Waals surface area contributed by atoms with Crippen LogP contribution in [0.1, 0.15) is 18.4 Å². The summed E-state index contributed by atoms with van der Waals surface area (Å²) in [6.07, 6.45) is 2.52. The largest absolute Gasteiger partial charge is 0.508 e. The summed E-state index contributed by atoms with van der Waals surface area (Å²) >= 11 is 1.48. The molecule has 26 heavy (non-hydrogen) atoms. The number of aromatic hydroxyl groups is 1. The van der Waals surface area contributed by atoms with Crippen molar-refractivity contribution in [2.24, 2.45) is 0 Å². The molecule has 136 valence electrons. The van der Waals surface area contributed by atoms with Gasteiger partial charge in [-0.1, -0.05) is 6.07 Å². The van der Waals surface area contributed by atoms with Crippen molar-refractivity contribution in [3.8, 4) is 5.75 Å². The van der Waals surface area contributed by atoms with Crippen molar-refractivity contribution in [3.63, 3.8) is 0 Å². The van der Waals surface area contributed by atoms with Crippen LogP contribution in [0.15, 0.2) is 35.1 Å². The van der Waals surface area contributed by atoms with E-state index in [4.69, 9.17) is 0 Å². The molecule has 6 heteroatoms. The molecule has 1 aliphatic heterocycles. The Balaban J connectivity index is 1.78. The average Bonchev–Trinajstić information content (AvgIpc) is 3.16. The minimum atomic E-state index is -0.108. The molecule has 3 aromatic rings. The van der Waals surface area contributed by atoms with Crippen molar-refractivity contribution in [2.45, 2.75) is 19.4 Å². The second-order valence-electron chi connectivity index (χ2n) is 6.72. The number of rotatable bonds is 5. The number of hydrogen-bond acceptors (Lipinski definition) is 6. The van der Waals surface area contributed by atoms with E-state index < -0.39 is 0 Å². The molecule has 0 unspecified atom stereocenters. The van der Waals surface area contributed by atoms with Crippen molar-refractivity contribution in [3.05, 3.63) is 46.1 Å². The Morgan fingerprint density at radius 1 is 1.15 bits per heavy atom. The highest BCUT2D eigenvalue weighted by Crippen LogP contribution is 2.33. The number of nitrogens with zero attached hydrogens (tertiary/aromatic N) is 1. The zero-order chi connectivity index (χ0) is 18.1. The van der Waals surface area contributed by atoms with Crippen LogP contribution in [0.3, 0.4) is 0 Å². The fourth-order valence-electron chi connectivity index (χ4n) is 3.62. The van der Waals surface area contributed by atoms with Gasteiger partial charge in [0.25, 0.3) is 0 Å². The van der Waals surface area contributed by atoms with Gasteiger partial charge in [0, 0.05) is 33.6 Å². The van der Waals surface area contributed by atoms with Crippen LogP contribution in [0.4, 0.5) is 5.69 Å². The zero-order valence-electron chi connectivity index (χ0n) is 14.5. The van der Waals surface area contributed by atoms with Crippen LogP contribution in [0.5, 0.6) is 5.75 Å². The van der Waals surface area contributed by atoms with Gasteiger partial charge in [0.05, 0.1) is 12.0 Å². The highest BCUT2D eigenvalue weighted by atomic mass is 32.1. The standard InChI is InChI=1S/C20H22N2O3S/c23-12-13-3-5-16(21-7-10-22-8-1-2-9-22)18-19(25)15-11-14(24)4-6-17(15)26-20(13)18/h3-6,11,21,23-24H,1-2,7-10,12H2. The lowest BCUT2D eigenvalue weighted by molar-refractivity contribution is 0.283. The summed E-state index contributed by atoms with van der Waals surface area (Å²) in [7, 11) is 0. The number of fused-ring (bicyclic) bond motifs is 2. The summed E-state index contributed by atoms with van der Waals surface area (Å²) in [4.78, 5) is 15.5. The Labute approximate surface area is 155 Å². The molecule has 2 aromatic carbocycles. The summed E-state index contributed by atoms with van der Waals surface area (Å²) in [6, 6.07) is 8.61. The molecule has 0 saturated carbocycles. The van der Waals surface area contributed by atoms with E-state index in [0.29, 0.717) is 10.8 Å². The molecule has 0 spiro atoms. The first kappa shape index (κ1) is 17.3. The fourth-order valence-corrected chi connectivity index (χ4v) is 4.81. The Morgan fingerprint density at radius 3 is 2.73 bits per heavy atom. The third-order valence-corrected chi connectivity index (χ3v) is 6.24. The number of benzene rings is 2. The van der Waals surface area contributed by atoms with Gasteiger partial charge >= 0.3 is 0 Å².